The number of aromatic nitrogens is 3. The molecule has 0 spiro atoms. The van der Waals surface area contributed by atoms with E-state index < -0.39 is 0 Å². The second-order valence-corrected chi connectivity index (χ2v) is 7.59. The van der Waals surface area contributed by atoms with Crippen LogP contribution in [0.4, 0.5) is 4.39 Å². The maximum atomic E-state index is 13.1. The van der Waals surface area contributed by atoms with E-state index in [2.05, 4.69) is 58.8 Å². The van der Waals surface area contributed by atoms with Gasteiger partial charge in [0.1, 0.15) is 5.82 Å². The first-order valence-electron chi connectivity index (χ1n) is 8.76. The van der Waals surface area contributed by atoms with Crippen LogP contribution >= 0.6 is 11.8 Å². The number of fused-ring (bicyclic) bond motifs is 3. The van der Waals surface area contributed by atoms with Gasteiger partial charge in [0.2, 0.25) is 0 Å². The molecular weight excluding hydrogens is 357 g/mol. The van der Waals surface area contributed by atoms with Crippen molar-refractivity contribution in [3.8, 4) is 16.8 Å². The van der Waals surface area contributed by atoms with Gasteiger partial charge in [0.15, 0.2) is 0 Å². The number of hydrogen-bond acceptors (Lipinski definition) is 3. The van der Waals surface area contributed by atoms with Crippen LogP contribution in [0, 0.1) is 5.82 Å². The highest BCUT2D eigenvalue weighted by Crippen LogP contribution is 2.50. The first-order valence-corrected chi connectivity index (χ1v) is 9.81. The Balaban J connectivity index is 1.39. The number of hydrogen-bond donors (Lipinski definition) is 0. The summed E-state index contributed by atoms with van der Waals surface area (Å²) in [7, 11) is 0. The van der Waals surface area contributed by atoms with Crippen LogP contribution in [0.25, 0.3) is 16.8 Å². The minimum absolute atomic E-state index is 0.256. The van der Waals surface area contributed by atoms with E-state index in [9.17, 15) is 4.39 Å². The van der Waals surface area contributed by atoms with Crippen molar-refractivity contribution in [2.75, 3.05) is 0 Å². The number of halogens is 1. The zero-order valence-electron chi connectivity index (χ0n) is 14.4. The summed E-state index contributed by atoms with van der Waals surface area (Å²) in [6.45, 7) is 0. The predicted molar refractivity (Wildman–Crippen MR) is 106 cm³/mol. The van der Waals surface area contributed by atoms with Crippen molar-refractivity contribution in [1.29, 1.82) is 0 Å². The molecule has 27 heavy (non-hydrogen) atoms. The maximum Gasteiger partial charge on any atom is 0.123 e. The van der Waals surface area contributed by atoms with Crippen molar-refractivity contribution in [3.63, 3.8) is 0 Å². The zero-order chi connectivity index (χ0) is 18.2. The number of rotatable bonds is 4. The molecular formula is C22H16FN3S. The lowest BCUT2D eigenvalue weighted by molar-refractivity contribution is 0.626. The fourth-order valence-electron chi connectivity index (χ4n) is 3.54. The van der Waals surface area contributed by atoms with Crippen molar-refractivity contribution in [3.05, 3.63) is 102 Å². The van der Waals surface area contributed by atoms with Gasteiger partial charge in [-0.1, -0.05) is 53.7 Å². The van der Waals surface area contributed by atoms with Gasteiger partial charge in [0.05, 0.1) is 22.8 Å². The topological polar surface area (TPSA) is 30.7 Å². The van der Waals surface area contributed by atoms with Crippen LogP contribution in [-0.2, 0) is 5.75 Å². The normalized spacial score (nSPS) is 12.8. The Kier molecular flexibility index (Phi) is 4.02. The molecule has 132 valence electrons. The third-order valence-electron chi connectivity index (χ3n) is 4.81. The molecule has 3 nitrogen and oxygen atoms in total. The van der Waals surface area contributed by atoms with E-state index in [1.54, 1.807) is 16.8 Å². The fourth-order valence-corrected chi connectivity index (χ4v) is 4.78. The molecule has 4 aromatic rings. The largest absolute Gasteiger partial charge is 0.220 e. The summed E-state index contributed by atoms with van der Waals surface area (Å²) in [5, 5.41) is 8.77. The highest BCUT2D eigenvalue weighted by molar-refractivity contribution is 7.99. The summed E-state index contributed by atoms with van der Waals surface area (Å²) in [6, 6.07) is 23.5. The molecule has 0 fully saturated rings. The standard InChI is InChI=1S/C22H16FN3S/c23-15-9-11-17(12-10-15)26-13-16(24-25-26)14-27-22-20-7-3-1-5-18(20)19-6-2-4-8-21(19)22/h1-13,22H,14H2. The van der Waals surface area contributed by atoms with Crippen molar-refractivity contribution < 1.29 is 4.39 Å². The van der Waals surface area contributed by atoms with E-state index in [1.165, 1.54) is 34.4 Å². The first-order chi connectivity index (χ1) is 13.3. The number of nitrogens with zero attached hydrogens (tertiary/aromatic N) is 3. The Hall–Kier alpha value is -2.92. The van der Waals surface area contributed by atoms with Crippen molar-refractivity contribution in [2.45, 2.75) is 11.0 Å². The molecule has 0 amide bonds. The molecule has 0 bridgehead atoms. The monoisotopic (exact) mass is 373 g/mol. The van der Waals surface area contributed by atoms with Gasteiger partial charge in [-0.2, -0.15) is 0 Å². The summed E-state index contributed by atoms with van der Waals surface area (Å²) in [5.74, 6) is 0.502. The quantitative estimate of drug-likeness (QED) is 0.479. The van der Waals surface area contributed by atoms with Gasteiger partial charge < -0.3 is 0 Å². The third-order valence-corrected chi connectivity index (χ3v) is 6.11. The molecule has 0 unspecified atom stereocenters. The van der Waals surface area contributed by atoms with Gasteiger partial charge in [0, 0.05) is 5.75 Å². The average molecular weight is 373 g/mol. The van der Waals surface area contributed by atoms with Crippen LogP contribution in [0.15, 0.2) is 79.0 Å². The smallest absolute Gasteiger partial charge is 0.123 e. The maximum absolute atomic E-state index is 13.1. The fraction of sp³-hybridized carbons (Fsp3) is 0.0909. The van der Waals surface area contributed by atoms with Crippen LogP contribution in [0.5, 0.6) is 0 Å². The van der Waals surface area contributed by atoms with Crippen LogP contribution in [0.3, 0.4) is 0 Å². The number of benzene rings is 3. The van der Waals surface area contributed by atoms with Gasteiger partial charge >= 0.3 is 0 Å². The Morgan fingerprint density at radius 1 is 0.852 bits per heavy atom. The molecule has 0 radical (unpaired) electrons. The van der Waals surface area contributed by atoms with E-state index in [0.717, 1.165) is 17.1 Å². The second kappa shape index (κ2) is 6.67. The number of thioether (sulfide) groups is 1. The Bertz CT molecular complexity index is 1060. The lowest BCUT2D eigenvalue weighted by atomic mass is 10.1. The van der Waals surface area contributed by atoms with Gasteiger partial charge in [-0.15, -0.1) is 16.9 Å². The highest BCUT2D eigenvalue weighted by Gasteiger charge is 2.28. The molecule has 1 aromatic heterocycles. The Labute approximate surface area is 160 Å². The van der Waals surface area contributed by atoms with Crippen LogP contribution < -0.4 is 0 Å². The Morgan fingerprint density at radius 3 is 2.15 bits per heavy atom. The average Bonchev–Trinajstić information content (AvgIpc) is 3.30. The summed E-state index contributed by atoms with van der Waals surface area (Å²) >= 11 is 1.86. The molecule has 0 N–H and O–H groups in total. The molecule has 1 heterocycles. The van der Waals surface area contributed by atoms with Crippen LogP contribution in [0.2, 0.25) is 0 Å². The molecule has 0 aliphatic heterocycles. The van der Waals surface area contributed by atoms with Gasteiger partial charge in [-0.25, -0.2) is 9.07 Å². The third kappa shape index (κ3) is 2.94. The molecule has 3 aromatic carbocycles. The molecule has 1 aliphatic rings. The lowest BCUT2D eigenvalue weighted by Gasteiger charge is -2.12. The highest BCUT2D eigenvalue weighted by atomic mass is 32.2. The van der Waals surface area contributed by atoms with E-state index in [0.29, 0.717) is 5.25 Å². The van der Waals surface area contributed by atoms with E-state index in [4.69, 9.17) is 0 Å². The molecule has 1 aliphatic carbocycles. The van der Waals surface area contributed by atoms with Crippen molar-refractivity contribution >= 4 is 11.8 Å². The molecule has 0 saturated heterocycles. The van der Waals surface area contributed by atoms with Gasteiger partial charge in [-0.3, -0.25) is 0 Å². The van der Waals surface area contributed by atoms with Crippen molar-refractivity contribution in [1.82, 2.24) is 15.0 Å². The first kappa shape index (κ1) is 16.3. The summed E-state index contributed by atoms with van der Waals surface area (Å²) < 4.78 is 14.8. The minimum atomic E-state index is -0.256. The molecule has 0 saturated carbocycles. The van der Waals surface area contributed by atoms with Crippen LogP contribution in [-0.4, -0.2) is 15.0 Å². The zero-order valence-corrected chi connectivity index (χ0v) is 15.2. The van der Waals surface area contributed by atoms with E-state index >= 15 is 0 Å². The van der Waals surface area contributed by atoms with Gasteiger partial charge in [0.25, 0.3) is 0 Å². The van der Waals surface area contributed by atoms with E-state index in [1.807, 2.05) is 18.0 Å². The second-order valence-electron chi connectivity index (χ2n) is 6.50. The Morgan fingerprint density at radius 2 is 1.48 bits per heavy atom. The molecule has 5 heteroatoms. The molecule has 5 rings (SSSR count). The summed E-state index contributed by atoms with van der Waals surface area (Å²) in [4.78, 5) is 0. The predicted octanol–water partition coefficient (Wildman–Crippen LogP) is 5.41. The summed E-state index contributed by atoms with van der Waals surface area (Å²) in [6.07, 6.45) is 1.91. The lowest BCUT2D eigenvalue weighted by Crippen LogP contribution is -1.94. The SMILES string of the molecule is Fc1ccc(-n2cc(CSC3c4ccccc4-c4ccccc43)nn2)cc1. The molecule has 0 atom stereocenters. The minimum Gasteiger partial charge on any atom is -0.220 e. The van der Waals surface area contributed by atoms with Crippen molar-refractivity contribution in [2.24, 2.45) is 0 Å². The van der Waals surface area contributed by atoms with Gasteiger partial charge in [-0.05, 0) is 46.5 Å². The summed E-state index contributed by atoms with van der Waals surface area (Å²) in [5.41, 5.74) is 7.06. The van der Waals surface area contributed by atoms with Crippen LogP contribution in [0.1, 0.15) is 22.1 Å². The van der Waals surface area contributed by atoms with E-state index in [-0.39, 0.29) is 5.82 Å².